The molecule has 0 aromatic heterocycles. The number of rotatable bonds is 17. The van der Waals surface area contributed by atoms with Gasteiger partial charge in [0.2, 0.25) is 0 Å². The van der Waals surface area contributed by atoms with Crippen LogP contribution in [0.1, 0.15) is 131 Å². The molecule has 0 heteroatoms. The molecule has 0 aliphatic carbocycles. The van der Waals surface area contributed by atoms with Gasteiger partial charge in [0.05, 0.1) is 0 Å². The fraction of sp³-hybridized carbons (Fsp3) is 1.00. The van der Waals surface area contributed by atoms with Crippen molar-refractivity contribution in [1.82, 2.24) is 0 Å². The Morgan fingerprint density at radius 2 is 0.917 bits per heavy atom. The molecule has 146 valence electrons. The highest BCUT2D eigenvalue weighted by Gasteiger charge is 2.20. The van der Waals surface area contributed by atoms with Gasteiger partial charge in [-0.3, -0.25) is 0 Å². The zero-order chi connectivity index (χ0) is 18.2. The van der Waals surface area contributed by atoms with E-state index in [4.69, 9.17) is 0 Å². The monoisotopic (exact) mass is 338 g/mol. The molecule has 0 aliphatic rings. The van der Waals surface area contributed by atoms with E-state index in [1.165, 1.54) is 89.9 Å². The molecule has 0 aromatic carbocycles. The lowest BCUT2D eigenvalue weighted by Crippen LogP contribution is -2.16. The van der Waals surface area contributed by atoms with Gasteiger partial charge in [0.15, 0.2) is 0 Å². The summed E-state index contributed by atoms with van der Waals surface area (Å²) < 4.78 is 0. The average molecular weight is 339 g/mol. The van der Waals surface area contributed by atoms with Gasteiger partial charge in [0, 0.05) is 0 Å². The van der Waals surface area contributed by atoms with Crippen LogP contribution < -0.4 is 0 Å². The normalized spacial score (nSPS) is 14.5. The molecule has 2 unspecified atom stereocenters. The van der Waals surface area contributed by atoms with Gasteiger partial charge in [-0.15, -0.1) is 0 Å². The van der Waals surface area contributed by atoms with Crippen LogP contribution in [0.4, 0.5) is 0 Å². The minimum atomic E-state index is 0.869. The molecule has 0 amide bonds. The third kappa shape index (κ3) is 11.5. The van der Waals surface area contributed by atoms with E-state index in [2.05, 4.69) is 41.5 Å². The van der Waals surface area contributed by atoms with Crippen molar-refractivity contribution in [3.63, 3.8) is 0 Å². The number of hydrogen-bond acceptors (Lipinski definition) is 0. The van der Waals surface area contributed by atoms with E-state index in [1.54, 1.807) is 0 Å². The first-order chi connectivity index (χ1) is 11.6. The molecular weight excluding hydrogens is 288 g/mol. The van der Waals surface area contributed by atoms with Gasteiger partial charge in [-0.05, 0) is 36.5 Å². The van der Waals surface area contributed by atoms with Crippen LogP contribution in [0.3, 0.4) is 0 Å². The predicted octanol–water partition coefficient (Wildman–Crippen LogP) is 9.03. The summed E-state index contributed by atoms with van der Waals surface area (Å²) in [5.41, 5.74) is 0. The van der Waals surface area contributed by atoms with Gasteiger partial charge in [0.25, 0.3) is 0 Å². The van der Waals surface area contributed by atoms with Crippen LogP contribution >= 0.6 is 0 Å². The summed E-state index contributed by atoms with van der Waals surface area (Å²) in [6.07, 6.45) is 20.2. The molecular formula is C24H50. The van der Waals surface area contributed by atoms with E-state index in [9.17, 15) is 0 Å². The fourth-order valence-corrected chi connectivity index (χ4v) is 4.51. The smallest absolute Gasteiger partial charge is 0.0389 e. The summed E-state index contributed by atoms with van der Waals surface area (Å²) >= 11 is 0. The molecule has 0 fully saturated rings. The zero-order valence-corrected chi connectivity index (χ0v) is 18.2. The van der Waals surface area contributed by atoms with Crippen LogP contribution in [0, 0.1) is 23.7 Å². The van der Waals surface area contributed by atoms with Gasteiger partial charge in [0.1, 0.15) is 0 Å². The van der Waals surface area contributed by atoms with E-state index in [0.29, 0.717) is 0 Å². The topological polar surface area (TPSA) is 0 Å². The Balaban J connectivity index is 3.96. The summed E-state index contributed by atoms with van der Waals surface area (Å²) in [5, 5.41) is 0. The Bertz CT molecular complexity index is 238. The summed E-state index contributed by atoms with van der Waals surface area (Å²) in [5.74, 6) is 3.77. The van der Waals surface area contributed by atoms with Gasteiger partial charge >= 0.3 is 0 Å². The van der Waals surface area contributed by atoms with Crippen molar-refractivity contribution >= 4 is 0 Å². The maximum Gasteiger partial charge on any atom is -0.0389 e. The quantitative estimate of drug-likeness (QED) is 0.232. The summed E-state index contributed by atoms with van der Waals surface area (Å²) in [4.78, 5) is 0. The van der Waals surface area contributed by atoms with Crippen molar-refractivity contribution in [2.45, 2.75) is 131 Å². The fourth-order valence-electron chi connectivity index (χ4n) is 4.51. The molecule has 0 N–H and O–H groups in total. The van der Waals surface area contributed by atoms with E-state index in [0.717, 1.165) is 23.7 Å². The Morgan fingerprint density at radius 3 is 1.38 bits per heavy atom. The maximum absolute atomic E-state index is 2.45. The Morgan fingerprint density at radius 1 is 0.458 bits per heavy atom. The summed E-state index contributed by atoms with van der Waals surface area (Å²) in [6.45, 7) is 14.4. The Kier molecular flexibility index (Phi) is 16.5. The van der Waals surface area contributed by atoms with E-state index >= 15 is 0 Å². The van der Waals surface area contributed by atoms with Crippen molar-refractivity contribution in [3.8, 4) is 0 Å². The summed E-state index contributed by atoms with van der Waals surface area (Å²) in [6, 6.07) is 0. The molecule has 0 saturated heterocycles. The van der Waals surface area contributed by atoms with Gasteiger partial charge in [-0.25, -0.2) is 0 Å². The SMILES string of the molecule is CCCCCCCCCCC(CCC(CC)C(CC)CC)C(C)C. The minimum absolute atomic E-state index is 0.869. The molecule has 2 atom stereocenters. The number of unbranched alkanes of at least 4 members (excludes halogenated alkanes) is 7. The molecule has 0 aromatic rings. The first-order valence-electron chi connectivity index (χ1n) is 11.6. The lowest BCUT2D eigenvalue weighted by molar-refractivity contribution is 0.236. The van der Waals surface area contributed by atoms with Crippen LogP contribution in [0.5, 0.6) is 0 Å². The molecule has 0 rings (SSSR count). The maximum atomic E-state index is 2.45. The van der Waals surface area contributed by atoms with E-state index < -0.39 is 0 Å². The van der Waals surface area contributed by atoms with E-state index in [1.807, 2.05) is 0 Å². The van der Waals surface area contributed by atoms with Crippen molar-refractivity contribution in [2.75, 3.05) is 0 Å². The zero-order valence-electron chi connectivity index (χ0n) is 18.2. The number of hydrogen-bond donors (Lipinski definition) is 0. The predicted molar refractivity (Wildman–Crippen MR) is 113 cm³/mol. The van der Waals surface area contributed by atoms with Crippen LogP contribution in [-0.2, 0) is 0 Å². The lowest BCUT2D eigenvalue weighted by Gasteiger charge is -2.28. The largest absolute Gasteiger partial charge is 0.0654 e. The van der Waals surface area contributed by atoms with Crippen molar-refractivity contribution in [2.24, 2.45) is 23.7 Å². The second-order valence-electron chi connectivity index (χ2n) is 8.59. The molecule has 0 radical (unpaired) electrons. The first kappa shape index (κ1) is 24.0. The van der Waals surface area contributed by atoms with Crippen molar-refractivity contribution < 1.29 is 0 Å². The molecule has 0 spiro atoms. The molecule has 0 bridgehead atoms. The minimum Gasteiger partial charge on any atom is -0.0654 e. The summed E-state index contributed by atoms with van der Waals surface area (Å²) in [7, 11) is 0. The third-order valence-electron chi connectivity index (χ3n) is 6.52. The Labute approximate surface area is 155 Å². The molecule has 24 heavy (non-hydrogen) atoms. The highest BCUT2D eigenvalue weighted by molar-refractivity contribution is 4.71. The lowest BCUT2D eigenvalue weighted by atomic mass is 9.78. The van der Waals surface area contributed by atoms with Crippen molar-refractivity contribution in [3.05, 3.63) is 0 Å². The van der Waals surface area contributed by atoms with Crippen LogP contribution in [0.2, 0.25) is 0 Å². The molecule has 0 saturated carbocycles. The van der Waals surface area contributed by atoms with Crippen LogP contribution in [0.15, 0.2) is 0 Å². The average Bonchev–Trinajstić information content (AvgIpc) is 2.58. The van der Waals surface area contributed by atoms with Gasteiger partial charge in [-0.2, -0.15) is 0 Å². The molecule has 0 heterocycles. The van der Waals surface area contributed by atoms with Crippen LogP contribution in [0.25, 0.3) is 0 Å². The highest BCUT2D eigenvalue weighted by Crippen LogP contribution is 2.32. The highest BCUT2D eigenvalue weighted by atomic mass is 14.3. The van der Waals surface area contributed by atoms with Gasteiger partial charge in [-0.1, -0.05) is 119 Å². The second-order valence-corrected chi connectivity index (χ2v) is 8.59. The van der Waals surface area contributed by atoms with E-state index in [-0.39, 0.29) is 0 Å². The second kappa shape index (κ2) is 16.5. The Hall–Kier alpha value is 0. The molecule has 0 nitrogen and oxygen atoms in total. The standard InChI is InChI=1S/C24H50/c1-7-11-12-13-14-15-16-17-18-24(21(5)6)20-19-23(10-4)22(8-2)9-3/h21-24H,7-20H2,1-6H3. The molecule has 0 aliphatic heterocycles. The van der Waals surface area contributed by atoms with Crippen molar-refractivity contribution in [1.29, 1.82) is 0 Å². The van der Waals surface area contributed by atoms with Gasteiger partial charge < -0.3 is 0 Å². The van der Waals surface area contributed by atoms with Crippen LogP contribution in [-0.4, -0.2) is 0 Å². The third-order valence-corrected chi connectivity index (χ3v) is 6.52. The first-order valence-corrected chi connectivity index (χ1v) is 11.6.